The van der Waals surface area contributed by atoms with Gasteiger partial charge < -0.3 is 14.7 Å². The Morgan fingerprint density at radius 3 is 2.50 bits per heavy atom. The van der Waals surface area contributed by atoms with E-state index in [-0.39, 0.29) is 12.4 Å². The summed E-state index contributed by atoms with van der Waals surface area (Å²) in [6, 6.07) is 0. The maximum Gasteiger partial charge on any atom is 0.305 e. The number of hydrogen-bond acceptors (Lipinski definition) is 4. The van der Waals surface area contributed by atoms with Gasteiger partial charge in [-0.25, -0.2) is 0 Å². The molecule has 1 unspecified atom stereocenters. The molecule has 0 aromatic rings. The van der Waals surface area contributed by atoms with Crippen LogP contribution in [0.15, 0.2) is 0 Å². The number of carbonyl (C=O) groups is 1. The second-order valence-corrected chi connectivity index (χ2v) is 4.71. The van der Waals surface area contributed by atoms with Gasteiger partial charge in [-0.1, -0.05) is 13.8 Å². The first-order valence-electron chi connectivity index (χ1n) is 5.89. The van der Waals surface area contributed by atoms with Crippen molar-refractivity contribution in [3.63, 3.8) is 0 Å². The predicted octanol–water partition coefficient (Wildman–Crippen LogP) is 1.28. The molecule has 0 saturated carbocycles. The molecule has 0 spiro atoms. The van der Waals surface area contributed by atoms with Crippen LogP contribution in [-0.2, 0) is 9.53 Å². The van der Waals surface area contributed by atoms with Crippen LogP contribution < -0.4 is 0 Å². The summed E-state index contributed by atoms with van der Waals surface area (Å²) in [6.07, 6.45) is 1.44. The summed E-state index contributed by atoms with van der Waals surface area (Å²) in [7, 11) is 3.35. The predicted molar refractivity (Wildman–Crippen MR) is 64.2 cm³/mol. The third-order valence-electron chi connectivity index (χ3n) is 2.52. The van der Waals surface area contributed by atoms with Crippen molar-refractivity contribution in [3.8, 4) is 0 Å². The van der Waals surface area contributed by atoms with Gasteiger partial charge in [-0.2, -0.15) is 0 Å². The summed E-state index contributed by atoms with van der Waals surface area (Å²) in [6.45, 7) is 5.96. The van der Waals surface area contributed by atoms with E-state index in [9.17, 15) is 9.90 Å². The van der Waals surface area contributed by atoms with Crippen molar-refractivity contribution in [2.45, 2.75) is 39.2 Å². The minimum absolute atomic E-state index is 0.260. The lowest BCUT2D eigenvalue weighted by Gasteiger charge is -2.21. The zero-order valence-corrected chi connectivity index (χ0v) is 10.9. The number of aliphatic hydroxyl groups excluding tert-OH is 1. The van der Waals surface area contributed by atoms with Crippen molar-refractivity contribution >= 4 is 5.97 Å². The number of carbonyl (C=O) groups excluding carboxylic acids is 1. The highest BCUT2D eigenvalue weighted by Gasteiger charge is 2.11. The Morgan fingerprint density at radius 2 is 2.00 bits per heavy atom. The summed E-state index contributed by atoms with van der Waals surface area (Å²) in [4.78, 5) is 13.0. The van der Waals surface area contributed by atoms with Gasteiger partial charge in [0.05, 0.1) is 13.2 Å². The molecule has 0 aliphatic carbocycles. The van der Waals surface area contributed by atoms with Crippen molar-refractivity contribution < 1.29 is 14.6 Å². The first kappa shape index (κ1) is 15.4. The third kappa shape index (κ3) is 8.68. The SMILES string of the molecule is COC(=O)CCC(O)CN(C)CCC(C)C. The van der Waals surface area contributed by atoms with Crippen LogP contribution >= 0.6 is 0 Å². The molecule has 1 N–H and O–H groups in total. The topological polar surface area (TPSA) is 49.8 Å². The quantitative estimate of drug-likeness (QED) is 0.639. The highest BCUT2D eigenvalue weighted by molar-refractivity contribution is 5.69. The average Bonchev–Trinajstić information content (AvgIpc) is 2.23. The van der Waals surface area contributed by atoms with Gasteiger partial charge in [0.2, 0.25) is 0 Å². The van der Waals surface area contributed by atoms with Crippen molar-refractivity contribution in [1.29, 1.82) is 0 Å². The van der Waals surface area contributed by atoms with E-state index in [1.807, 2.05) is 7.05 Å². The smallest absolute Gasteiger partial charge is 0.305 e. The van der Waals surface area contributed by atoms with Gasteiger partial charge in [-0.15, -0.1) is 0 Å². The van der Waals surface area contributed by atoms with Crippen molar-refractivity contribution in [3.05, 3.63) is 0 Å². The standard InChI is InChI=1S/C12H25NO3/c1-10(2)7-8-13(3)9-11(14)5-6-12(15)16-4/h10-11,14H,5-9H2,1-4H3. The molecule has 0 fully saturated rings. The average molecular weight is 231 g/mol. The summed E-state index contributed by atoms with van der Waals surface area (Å²) < 4.78 is 4.52. The number of methoxy groups -OCH3 is 1. The molecular formula is C12H25NO3. The van der Waals surface area contributed by atoms with Gasteiger partial charge in [0.1, 0.15) is 0 Å². The molecule has 4 nitrogen and oxygen atoms in total. The van der Waals surface area contributed by atoms with E-state index in [4.69, 9.17) is 0 Å². The molecule has 0 heterocycles. The minimum atomic E-state index is -0.448. The molecule has 0 radical (unpaired) electrons. The number of aliphatic hydroxyl groups is 1. The first-order valence-corrected chi connectivity index (χ1v) is 5.89. The van der Waals surface area contributed by atoms with Crippen LogP contribution in [-0.4, -0.2) is 49.3 Å². The molecule has 0 amide bonds. The molecular weight excluding hydrogens is 206 g/mol. The van der Waals surface area contributed by atoms with Gasteiger partial charge in [0, 0.05) is 13.0 Å². The first-order chi connectivity index (χ1) is 7.45. The number of ether oxygens (including phenoxy) is 1. The van der Waals surface area contributed by atoms with E-state index in [0.717, 1.165) is 13.0 Å². The maximum absolute atomic E-state index is 10.9. The highest BCUT2D eigenvalue weighted by atomic mass is 16.5. The second kappa shape index (κ2) is 8.53. The Morgan fingerprint density at radius 1 is 1.38 bits per heavy atom. The zero-order chi connectivity index (χ0) is 12.6. The van der Waals surface area contributed by atoms with Gasteiger partial charge >= 0.3 is 5.97 Å². The molecule has 0 bridgehead atoms. The molecule has 96 valence electrons. The molecule has 0 aliphatic heterocycles. The summed E-state index contributed by atoms with van der Waals surface area (Å²) in [5.74, 6) is 0.415. The van der Waals surface area contributed by atoms with Crippen LogP contribution in [0.1, 0.15) is 33.1 Å². The Bertz CT molecular complexity index is 195. The lowest BCUT2D eigenvalue weighted by Crippen LogP contribution is -2.30. The fourth-order valence-corrected chi connectivity index (χ4v) is 1.41. The molecule has 1 atom stereocenters. The summed E-state index contributed by atoms with van der Waals surface area (Å²) >= 11 is 0. The largest absolute Gasteiger partial charge is 0.469 e. The third-order valence-corrected chi connectivity index (χ3v) is 2.52. The van der Waals surface area contributed by atoms with E-state index in [2.05, 4.69) is 23.5 Å². The van der Waals surface area contributed by atoms with E-state index < -0.39 is 6.10 Å². The van der Waals surface area contributed by atoms with Crippen molar-refractivity contribution in [2.24, 2.45) is 5.92 Å². The van der Waals surface area contributed by atoms with E-state index in [0.29, 0.717) is 18.9 Å². The van der Waals surface area contributed by atoms with Crippen LogP contribution in [0.5, 0.6) is 0 Å². The monoisotopic (exact) mass is 231 g/mol. The van der Waals surface area contributed by atoms with E-state index in [1.165, 1.54) is 7.11 Å². The van der Waals surface area contributed by atoms with Crippen molar-refractivity contribution in [2.75, 3.05) is 27.2 Å². The fraction of sp³-hybridized carbons (Fsp3) is 0.917. The fourth-order valence-electron chi connectivity index (χ4n) is 1.41. The zero-order valence-electron chi connectivity index (χ0n) is 10.9. The Balaban J connectivity index is 3.61. The Labute approximate surface area is 98.6 Å². The normalized spacial score (nSPS) is 13.2. The second-order valence-electron chi connectivity index (χ2n) is 4.71. The molecule has 0 aliphatic rings. The molecule has 16 heavy (non-hydrogen) atoms. The number of esters is 1. The number of likely N-dealkylation sites (N-methyl/N-ethyl adjacent to an activating group) is 1. The van der Waals surface area contributed by atoms with Crippen LogP contribution in [0.4, 0.5) is 0 Å². The Hall–Kier alpha value is -0.610. The molecule has 0 saturated heterocycles. The highest BCUT2D eigenvalue weighted by Crippen LogP contribution is 2.04. The van der Waals surface area contributed by atoms with Gasteiger partial charge in [-0.3, -0.25) is 4.79 Å². The van der Waals surface area contributed by atoms with E-state index >= 15 is 0 Å². The lowest BCUT2D eigenvalue weighted by molar-refractivity contribution is -0.141. The van der Waals surface area contributed by atoms with Gasteiger partial charge in [0.25, 0.3) is 0 Å². The van der Waals surface area contributed by atoms with Gasteiger partial charge in [0.15, 0.2) is 0 Å². The van der Waals surface area contributed by atoms with E-state index in [1.54, 1.807) is 0 Å². The van der Waals surface area contributed by atoms with Crippen LogP contribution in [0.25, 0.3) is 0 Å². The summed E-state index contributed by atoms with van der Waals surface area (Å²) in [5.41, 5.74) is 0. The number of rotatable bonds is 8. The van der Waals surface area contributed by atoms with Gasteiger partial charge in [-0.05, 0) is 32.4 Å². The van der Waals surface area contributed by atoms with Crippen LogP contribution in [0, 0.1) is 5.92 Å². The number of nitrogens with zero attached hydrogens (tertiary/aromatic N) is 1. The molecule has 4 heteroatoms. The summed E-state index contributed by atoms with van der Waals surface area (Å²) in [5, 5.41) is 9.68. The number of hydrogen-bond donors (Lipinski definition) is 1. The molecule has 0 aromatic carbocycles. The Kier molecular flexibility index (Phi) is 8.21. The minimum Gasteiger partial charge on any atom is -0.469 e. The van der Waals surface area contributed by atoms with Crippen molar-refractivity contribution in [1.82, 2.24) is 4.90 Å². The lowest BCUT2D eigenvalue weighted by atomic mass is 10.1. The molecule has 0 rings (SSSR count). The molecule has 0 aromatic heterocycles. The van der Waals surface area contributed by atoms with Crippen LogP contribution in [0.3, 0.4) is 0 Å². The van der Waals surface area contributed by atoms with Crippen LogP contribution in [0.2, 0.25) is 0 Å². The maximum atomic E-state index is 10.9.